The van der Waals surface area contributed by atoms with Gasteiger partial charge in [-0.2, -0.15) is 0 Å². The molecule has 0 aromatic heterocycles. The van der Waals surface area contributed by atoms with Crippen molar-refractivity contribution in [1.29, 1.82) is 0 Å². The van der Waals surface area contributed by atoms with Crippen molar-refractivity contribution < 1.29 is 9.47 Å². The molecule has 1 saturated heterocycles. The predicted molar refractivity (Wildman–Crippen MR) is 62.6 cm³/mol. The summed E-state index contributed by atoms with van der Waals surface area (Å²) in [7, 11) is 0. The Morgan fingerprint density at radius 1 is 1.40 bits per heavy atom. The van der Waals surface area contributed by atoms with Gasteiger partial charge < -0.3 is 9.47 Å². The Balaban J connectivity index is 2.81. The van der Waals surface area contributed by atoms with Crippen LogP contribution in [-0.4, -0.2) is 18.0 Å². The number of ether oxygens (including phenoxy) is 2. The highest BCUT2D eigenvalue weighted by molar-refractivity contribution is 4.91. The zero-order valence-electron chi connectivity index (χ0n) is 10.6. The number of hydrogen-bond donors (Lipinski definition) is 0. The number of rotatable bonds is 3. The van der Waals surface area contributed by atoms with Gasteiger partial charge in [-0.3, -0.25) is 0 Å². The Morgan fingerprint density at radius 3 is 2.47 bits per heavy atom. The van der Waals surface area contributed by atoms with Crippen molar-refractivity contribution in [3.63, 3.8) is 0 Å². The minimum Gasteiger partial charge on any atom is -0.347 e. The minimum absolute atomic E-state index is 0.219. The van der Waals surface area contributed by atoms with Crippen LogP contribution in [0.25, 0.3) is 0 Å². The fourth-order valence-electron chi connectivity index (χ4n) is 2.32. The summed E-state index contributed by atoms with van der Waals surface area (Å²) in [5.41, 5.74) is 0. The van der Waals surface area contributed by atoms with Gasteiger partial charge >= 0.3 is 0 Å². The Morgan fingerprint density at radius 2 is 2.00 bits per heavy atom. The first-order valence-corrected chi connectivity index (χ1v) is 5.89. The summed E-state index contributed by atoms with van der Waals surface area (Å²) in [6, 6.07) is 0. The Kier molecular flexibility index (Phi) is 3.96. The fourth-order valence-corrected chi connectivity index (χ4v) is 2.32. The first kappa shape index (κ1) is 12.7. The quantitative estimate of drug-likeness (QED) is 0.668. The maximum Gasteiger partial charge on any atom is 0.163 e. The maximum atomic E-state index is 5.98. The van der Waals surface area contributed by atoms with Gasteiger partial charge in [0.1, 0.15) is 0 Å². The molecule has 0 radical (unpaired) electrons. The lowest BCUT2D eigenvalue weighted by molar-refractivity contribution is -0.324. The van der Waals surface area contributed by atoms with Crippen molar-refractivity contribution in [3.05, 3.63) is 12.7 Å². The highest BCUT2D eigenvalue weighted by Gasteiger charge is 2.41. The molecule has 2 heteroatoms. The molecule has 0 saturated carbocycles. The Labute approximate surface area is 93.7 Å². The molecule has 0 aromatic carbocycles. The first-order valence-electron chi connectivity index (χ1n) is 5.89. The van der Waals surface area contributed by atoms with Gasteiger partial charge in [-0.25, -0.2) is 0 Å². The average molecular weight is 212 g/mol. The molecule has 0 spiro atoms. The monoisotopic (exact) mass is 212 g/mol. The summed E-state index contributed by atoms with van der Waals surface area (Å²) >= 11 is 0. The molecule has 88 valence electrons. The highest BCUT2D eigenvalue weighted by atomic mass is 16.7. The van der Waals surface area contributed by atoms with Gasteiger partial charge in [0, 0.05) is 11.8 Å². The summed E-state index contributed by atoms with van der Waals surface area (Å²) in [5, 5.41) is 0. The van der Waals surface area contributed by atoms with Crippen LogP contribution in [0.4, 0.5) is 0 Å². The van der Waals surface area contributed by atoms with Gasteiger partial charge in [-0.05, 0) is 20.3 Å². The van der Waals surface area contributed by atoms with Crippen molar-refractivity contribution in [3.8, 4) is 0 Å². The van der Waals surface area contributed by atoms with E-state index in [2.05, 4.69) is 27.4 Å². The van der Waals surface area contributed by atoms with Crippen LogP contribution in [0.15, 0.2) is 12.7 Å². The van der Waals surface area contributed by atoms with Gasteiger partial charge in [0.25, 0.3) is 0 Å². The van der Waals surface area contributed by atoms with E-state index < -0.39 is 5.79 Å². The van der Waals surface area contributed by atoms with Crippen LogP contribution in [-0.2, 0) is 9.47 Å². The fraction of sp³-hybridized carbons (Fsp3) is 0.846. The second kappa shape index (κ2) is 4.67. The van der Waals surface area contributed by atoms with Crippen LogP contribution in [0.2, 0.25) is 0 Å². The SMILES string of the molecule is C=CC(C)[C@H]1OC(C)(C)O[C@@H](CC)[C@@H]1C. The Bertz CT molecular complexity index is 223. The van der Waals surface area contributed by atoms with E-state index in [0.29, 0.717) is 17.9 Å². The van der Waals surface area contributed by atoms with Crippen molar-refractivity contribution >= 4 is 0 Å². The van der Waals surface area contributed by atoms with Crippen LogP contribution in [0.3, 0.4) is 0 Å². The van der Waals surface area contributed by atoms with Crippen LogP contribution in [0, 0.1) is 11.8 Å². The summed E-state index contributed by atoms with van der Waals surface area (Å²) in [4.78, 5) is 0. The van der Waals surface area contributed by atoms with Crippen molar-refractivity contribution in [2.75, 3.05) is 0 Å². The average Bonchev–Trinajstić information content (AvgIpc) is 2.19. The standard InChI is InChI=1S/C13H24O2/c1-7-9(3)12-10(4)11(8-2)14-13(5,6)15-12/h7,9-12H,1,8H2,2-6H3/t9?,10-,11-,12+/m0/s1. The van der Waals surface area contributed by atoms with Crippen LogP contribution < -0.4 is 0 Å². The second-order valence-electron chi connectivity index (χ2n) is 5.00. The highest BCUT2D eigenvalue weighted by Crippen LogP contribution is 2.35. The molecule has 2 nitrogen and oxygen atoms in total. The molecule has 0 aromatic rings. The van der Waals surface area contributed by atoms with E-state index >= 15 is 0 Å². The van der Waals surface area contributed by atoms with E-state index in [0.717, 1.165) is 6.42 Å². The van der Waals surface area contributed by atoms with E-state index in [4.69, 9.17) is 9.47 Å². The lowest BCUT2D eigenvalue weighted by Crippen LogP contribution is -2.51. The normalized spacial score (nSPS) is 37.3. The third-order valence-corrected chi connectivity index (χ3v) is 3.25. The van der Waals surface area contributed by atoms with Crippen molar-refractivity contribution in [1.82, 2.24) is 0 Å². The molecule has 0 N–H and O–H groups in total. The lowest BCUT2D eigenvalue weighted by Gasteiger charge is -2.46. The lowest BCUT2D eigenvalue weighted by atomic mass is 9.86. The Hall–Kier alpha value is -0.340. The first-order chi connectivity index (χ1) is 6.91. The molecule has 1 unspecified atom stereocenters. The molecule has 1 aliphatic heterocycles. The van der Waals surface area contributed by atoms with Gasteiger partial charge in [0.2, 0.25) is 0 Å². The molecule has 1 heterocycles. The molecule has 0 amide bonds. The maximum absolute atomic E-state index is 5.98. The third-order valence-electron chi connectivity index (χ3n) is 3.25. The summed E-state index contributed by atoms with van der Waals surface area (Å²) in [6.45, 7) is 14.4. The molecule has 4 atom stereocenters. The number of hydrogen-bond acceptors (Lipinski definition) is 2. The predicted octanol–water partition coefficient (Wildman–Crippen LogP) is 3.37. The van der Waals surface area contributed by atoms with E-state index in [-0.39, 0.29) is 6.10 Å². The third kappa shape index (κ3) is 2.82. The largest absolute Gasteiger partial charge is 0.347 e. The molecular formula is C13H24O2. The second-order valence-corrected chi connectivity index (χ2v) is 5.00. The van der Waals surface area contributed by atoms with E-state index in [9.17, 15) is 0 Å². The van der Waals surface area contributed by atoms with Crippen molar-refractivity contribution in [2.24, 2.45) is 11.8 Å². The van der Waals surface area contributed by atoms with Gasteiger partial charge in [-0.15, -0.1) is 6.58 Å². The molecule has 15 heavy (non-hydrogen) atoms. The van der Waals surface area contributed by atoms with E-state index in [1.807, 2.05) is 19.9 Å². The van der Waals surface area contributed by atoms with Gasteiger partial charge in [0.05, 0.1) is 12.2 Å². The minimum atomic E-state index is -0.463. The zero-order valence-corrected chi connectivity index (χ0v) is 10.6. The summed E-state index contributed by atoms with van der Waals surface area (Å²) in [5.74, 6) is 0.336. The van der Waals surface area contributed by atoms with Crippen LogP contribution in [0.5, 0.6) is 0 Å². The molecule has 0 aliphatic carbocycles. The zero-order chi connectivity index (χ0) is 11.6. The molecule has 1 rings (SSSR count). The smallest absolute Gasteiger partial charge is 0.163 e. The van der Waals surface area contributed by atoms with E-state index in [1.165, 1.54) is 0 Å². The molecule has 1 fully saturated rings. The van der Waals surface area contributed by atoms with Gasteiger partial charge in [0.15, 0.2) is 5.79 Å². The molecule has 1 aliphatic rings. The van der Waals surface area contributed by atoms with Crippen molar-refractivity contribution in [2.45, 2.75) is 59.0 Å². The van der Waals surface area contributed by atoms with Crippen LogP contribution in [0.1, 0.15) is 41.0 Å². The van der Waals surface area contributed by atoms with Crippen LogP contribution >= 0.6 is 0 Å². The van der Waals surface area contributed by atoms with E-state index in [1.54, 1.807) is 0 Å². The molecule has 0 bridgehead atoms. The summed E-state index contributed by atoms with van der Waals surface area (Å²) in [6.07, 6.45) is 3.52. The topological polar surface area (TPSA) is 18.5 Å². The molecular weight excluding hydrogens is 188 g/mol. The summed E-state index contributed by atoms with van der Waals surface area (Å²) < 4.78 is 11.9. The van der Waals surface area contributed by atoms with Gasteiger partial charge in [-0.1, -0.05) is 26.8 Å².